The second-order valence-corrected chi connectivity index (χ2v) is 9.05. The maximum atomic E-state index is 4.53. The molecule has 0 bridgehead atoms. The Morgan fingerprint density at radius 1 is 0.515 bits per heavy atom. The fraction of sp³-hybridized carbons (Fsp3) is 0. The number of fused-ring (bicyclic) bond motifs is 6. The minimum Gasteiger partial charge on any atom is -0.355 e. The summed E-state index contributed by atoms with van der Waals surface area (Å²) >= 11 is 4.53. The molecule has 0 spiro atoms. The SMILES string of the molecule is Sc1ccc2[nH]c3ccc(-c4ccc(-n5c6ccccc6c6ccccc65)cc4)cc3c2c1. The number of thiol groups is 1. The van der Waals surface area contributed by atoms with Crippen molar-refractivity contribution in [2.24, 2.45) is 0 Å². The smallest absolute Gasteiger partial charge is 0.0541 e. The maximum absolute atomic E-state index is 4.53. The molecule has 0 unspecified atom stereocenters. The molecule has 5 aromatic carbocycles. The van der Waals surface area contributed by atoms with Crippen LogP contribution in [0.4, 0.5) is 0 Å². The van der Waals surface area contributed by atoms with E-state index in [9.17, 15) is 0 Å². The standard InChI is InChI=1S/C30H20N2S/c33-22-14-16-28-26(18-22)25-17-20(11-15-27(25)31-28)19-9-12-21(13-10-19)32-29-7-3-1-5-23(29)24-6-2-4-8-30(24)32/h1-18,31,33H. The molecular weight excluding hydrogens is 420 g/mol. The van der Waals surface area contributed by atoms with Gasteiger partial charge in [-0.1, -0.05) is 54.6 Å². The number of rotatable bonds is 2. The first-order chi connectivity index (χ1) is 16.3. The maximum Gasteiger partial charge on any atom is 0.0541 e. The molecule has 7 rings (SSSR count). The fourth-order valence-corrected chi connectivity index (χ4v) is 5.27. The molecule has 0 amide bonds. The van der Waals surface area contributed by atoms with Gasteiger partial charge < -0.3 is 9.55 Å². The van der Waals surface area contributed by atoms with Gasteiger partial charge in [-0.25, -0.2) is 0 Å². The highest BCUT2D eigenvalue weighted by Gasteiger charge is 2.12. The predicted octanol–water partition coefficient (Wildman–Crippen LogP) is 8.37. The highest BCUT2D eigenvalue weighted by atomic mass is 32.1. The summed E-state index contributed by atoms with van der Waals surface area (Å²) in [4.78, 5) is 4.48. The molecule has 0 radical (unpaired) electrons. The van der Waals surface area contributed by atoms with Gasteiger partial charge in [0.15, 0.2) is 0 Å². The van der Waals surface area contributed by atoms with Crippen LogP contribution in [0.2, 0.25) is 0 Å². The van der Waals surface area contributed by atoms with Crippen LogP contribution < -0.4 is 0 Å². The number of nitrogens with one attached hydrogen (secondary N) is 1. The molecule has 2 heterocycles. The third kappa shape index (κ3) is 2.83. The van der Waals surface area contributed by atoms with Crippen molar-refractivity contribution in [3.05, 3.63) is 109 Å². The highest BCUT2D eigenvalue weighted by Crippen LogP contribution is 2.34. The third-order valence-electron chi connectivity index (χ3n) is 6.62. The van der Waals surface area contributed by atoms with Crippen molar-refractivity contribution in [3.63, 3.8) is 0 Å². The van der Waals surface area contributed by atoms with E-state index in [1.807, 2.05) is 6.07 Å². The van der Waals surface area contributed by atoms with Gasteiger partial charge in [-0.05, 0) is 65.7 Å². The van der Waals surface area contributed by atoms with Crippen LogP contribution in [0, 0.1) is 0 Å². The number of para-hydroxylation sites is 2. The number of nitrogens with zero attached hydrogens (tertiary/aromatic N) is 1. The molecule has 0 saturated heterocycles. The van der Waals surface area contributed by atoms with Crippen molar-refractivity contribution in [1.29, 1.82) is 0 Å². The number of hydrogen-bond donors (Lipinski definition) is 2. The van der Waals surface area contributed by atoms with Crippen LogP contribution in [0.3, 0.4) is 0 Å². The summed E-state index contributed by atoms with van der Waals surface area (Å²) < 4.78 is 2.35. The lowest BCUT2D eigenvalue weighted by Gasteiger charge is -2.09. The van der Waals surface area contributed by atoms with E-state index >= 15 is 0 Å². The van der Waals surface area contributed by atoms with Gasteiger partial charge in [-0.15, -0.1) is 12.6 Å². The molecule has 156 valence electrons. The second kappa shape index (κ2) is 7.03. The lowest BCUT2D eigenvalue weighted by molar-refractivity contribution is 1.18. The molecule has 0 atom stereocenters. The first-order valence-electron chi connectivity index (χ1n) is 11.1. The molecular formula is C30H20N2S. The molecule has 0 fully saturated rings. The molecule has 0 saturated carbocycles. The van der Waals surface area contributed by atoms with Gasteiger partial charge in [0.2, 0.25) is 0 Å². The lowest BCUT2D eigenvalue weighted by atomic mass is 10.0. The Hall–Kier alpha value is -3.95. The first-order valence-corrected chi connectivity index (χ1v) is 11.5. The second-order valence-electron chi connectivity index (χ2n) is 8.53. The molecule has 2 nitrogen and oxygen atoms in total. The number of aromatic nitrogens is 2. The number of hydrogen-bond acceptors (Lipinski definition) is 1. The molecule has 0 aliphatic carbocycles. The van der Waals surface area contributed by atoms with E-state index in [0.717, 1.165) is 15.9 Å². The van der Waals surface area contributed by atoms with E-state index in [0.29, 0.717) is 0 Å². The Morgan fingerprint density at radius 3 is 1.79 bits per heavy atom. The molecule has 0 aliphatic heterocycles. The molecule has 2 aromatic heterocycles. The zero-order chi connectivity index (χ0) is 21.9. The zero-order valence-electron chi connectivity index (χ0n) is 17.8. The summed E-state index contributed by atoms with van der Waals surface area (Å²) in [6.07, 6.45) is 0. The van der Waals surface area contributed by atoms with Crippen LogP contribution in [0.15, 0.2) is 114 Å². The predicted molar refractivity (Wildman–Crippen MR) is 143 cm³/mol. The van der Waals surface area contributed by atoms with Crippen molar-refractivity contribution in [2.75, 3.05) is 0 Å². The van der Waals surface area contributed by atoms with Gasteiger partial charge in [0.1, 0.15) is 0 Å². The number of aromatic amines is 1. The summed E-state index contributed by atoms with van der Waals surface area (Å²) in [6.45, 7) is 0. The van der Waals surface area contributed by atoms with Gasteiger partial charge in [-0.3, -0.25) is 0 Å². The Bertz CT molecular complexity index is 1770. The average molecular weight is 441 g/mol. The summed E-state index contributed by atoms with van der Waals surface area (Å²) in [5, 5.41) is 5.00. The zero-order valence-corrected chi connectivity index (χ0v) is 18.7. The Kier molecular flexibility index (Phi) is 3.96. The minimum absolute atomic E-state index is 0.976. The van der Waals surface area contributed by atoms with Crippen LogP contribution in [-0.4, -0.2) is 9.55 Å². The highest BCUT2D eigenvalue weighted by molar-refractivity contribution is 7.80. The van der Waals surface area contributed by atoms with Crippen molar-refractivity contribution in [3.8, 4) is 16.8 Å². The van der Waals surface area contributed by atoms with Gasteiger partial charge in [0, 0.05) is 43.2 Å². The van der Waals surface area contributed by atoms with E-state index in [-0.39, 0.29) is 0 Å². The summed E-state index contributed by atoms with van der Waals surface area (Å²) in [7, 11) is 0. The molecule has 1 N–H and O–H groups in total. The summed E-state index contributed by atoms with van der Waals surface area (Å²) in [5.41, 5.74) is 8.34. The van der Waals surface area contributed by atoms with Crippen molar-refractivity contribution >= 4 is 56.2 Å². The molecule has 33 heavy (non-hydrogen) atoms. The minimum atomic E-state index is 0.976. The third-order valence-corrected chi connectivity index (χ3v) is 6.90. The van der Waals surface area contributed by atoms with Crippen molar-refractivity contribution in [2.45, 2.75) is 4.90 Å². The van der Waals surface area contributed by atoms with Gasteiger partial charge in [-0.2, -0.15) is 0 Å². The largest absolute Gasteiger partial charge is 0.355 e. The fourth-order valence-electron chi connectivity index (χ4n) is 5.07. The molecule has 3 heteroatoms. The number of benzene rings is 5. The monoisotopic (exact) mass is 440 g/mol. The summed E-state index contributed by atoms with van der Waals surface area (Å²) in [6, 6.07) is 39.0. The van der Waals surface area contributed by atoms with Crippen LogP contribution >= 0.6 is 12.6 Å². The van der Waals surface area contributed by atoms with Gasteiger partial charge >= 0.3 is 0 Å². The van der Waals surface area contributed by atoms with Crippen molar-refractivity contribution < 1.29 is 0 Å². The van der Waals surface area contributed by atoms with Crippen LogP contribution in [0.1, 0.15) is 0 Å². The summed E-state index contributed by atoms with van der Waals surface area (Å²) in [5.74, 6) is 0. The number of H-pyrrole nitrogens is 1. The van der Waals surface area contributed by atoms with Crippen LogP contribution in [-0.2, 0) is 0 Å². The quantitative estimate of drug-likeness (QED) is 0.252. The van der Waals surface area contributed by atoms with E-state index in [4.69, 9.17) is 0 Å². The van der Waals surface area contributed by atoms with Gasteiger partial charge in [0.05, 0.1) is 11.0 Å². The average Bonchev–Trinajstić information content (AvgIpc) is 3.39. The topological polar surface area (TPSA) is 20.7 Å². The Balaban J connectivity index is 1.37. The van der Waals surface area contributed by atoms with E-state index < -0.39 is 0 Å². The molecule has 7 aromatic rings. The van der Waals surface area contributed by atoms with Gasteiger partial charge in [0.25, 0.3) is 0 Å². The molecule has 0 aliphatic rings. The Morgan fingerprint density at radius 2 is 1.09 bits per heavy atom. The Labute approximate surface area is 196 Å². The normalized spacial score (nSPS) is 11.8. The van der Waals surface area contributed by atoms with E-state index in [1.165, 1.54) is 49.4 Å². The van der Waals surface area contributed by atoms with Crippen LogP contribution in [0.25, 0.3) is 60.4 Å². The van der Waals surface area contributed by atoms with E-state index in [1.54, 1.807) is 0 Å². The first kappa shape index (κ1) is 18.6. The lowest BCUT2D eigenvalue weighted by Crippen LogP contribution is -1.93. The van der Waals surface area contributed by atoms with Crippen molar-refractivity contribution in [1.82, 2.24) is 9.55 Å². The van der Waals surface area contributed by atoms with Crippen LogP contribution in [0.5, 0.6) is 0 Å². The van der Waals surface area contributed by atoms with E-state index in [2.05, 4.69) is 125 Å².